The maximum Gasteiger partial charge on any atom is 0.319 e. The number of sulfone groups is 1. The molecule has 1 aliphatic rings. The number of anilines is 2. The monoisotopic (exact) mass is 479 g/mol. The van der Waals surface area contributed by atoms with E-state index in [1.807, 2.05) is 20.8 Å². The Balaban J connectivity index is 0.00000216. The topological polar surface area (TPSA) is 117 Å². The van der Waals surface area contributed by atoms with Crippen molar-refractivity contribution >= 4 is 38.5 Å². The molecule has 3 heterocycles. The zero-order valence-corrected chi connectivity index (χ0v) is 19.6. The molecule has 4 rings (SSSR count). The highest BCUT2D eigenvalue weighted by Crippen LogP contribution is 2.33. The summed E-state index contributed by atoms with van der Waals surface area (Å²) in [4.78, 5) is 22.9. The molecule has 3 aromatic rings. The number of aryl methyl sites for hydroxylation is 1. The molecule has 1 aromatic carbocycles. The van der Waals surface area contributed by atoms with Crippen LogP contribution in [0.1, 0.15) is 34.1 Å². The summed E-state index contributed by atoms with van der Waals surface area (Å²) in [6, 6.07) is 3.44. The van der Waals surface area contributed by atoms with Gasteiger partial charge in [-0.2, -0.15) is 0 Å². The second kappa shape index (κ2) is 8.62. The third-order valence-electron chi connectivity index (χ3n) is 5.80. The van der Waals surface area contributed by atoms with Gasteiger partial charge in [-0.25, -0.2) is 27.6 Å². The average Bonchev–Trinajstić information content (AvgIpc) is 3.01. The maximum absolute atomic E-state index is 13.7. The van der Waals surface area contributed by atoms with Crippen LogP contribution >= 0.6 is 0 Å². The molecule has 1 saturated heterocycles. The first-order chi connectivity index (χ1) is 15.5. The molecule has 1 atom stereocenters. The van der Waals surface area contributed by atoms with Crippen molar-refractivity contribution < 1.29 is 24.9 Å². The van der Waals surface area contributed by atoms with Gasteiger partial charge in [0.05, 0.1) is 29.4 Å². The van der Waals surface area contributed by atoms with Crippen LogP contribution in [0.3, 0.4) is 0 Å². The first kappa shape index (κ1) is 23.0. The van der Waals surface area contributed by atoms with Crippen molar-refractivity contribution in [3.63, 3.8) is 0 Å². The number of nitrogens with one attached hydrogen (secondary N) is 2. The largest absolute Gasteiger partial charge is 0.459 e. The predicted octanol–water partition coefficient (Wildman–Crippen LogP) is 3.91. The zero-order valence-electron chi connectivity index (χ0n) is 18.8. The van der Waals surface area contributed by atoms with E-state index in [0.717, 1.165) is 5.56 Å². The summed E-state index contributed by atoms with van der Waals surface area (Å²) >= 11 is 0. The number of aromatic nitrogens is 2. The molecule has 2 aromatic heterocycles. The van der Waals surface area contributed by atoms with E-state index in [-0.39, 0.29) is 14.6 Å². The van der Waals surface area contributed by atoms with Crippen molar-refractivity contribution in [2.75, 3.05) is 29.6 Å². The van der Waals surface area contributed by atoms with E-state index in [1.54, 1.807) is 11.0 Å². The molecule has 0 radical (unpaired) electrons. The number of amides is 2. The van der Waals surface area contributed by atoms with Gasteiger partial charge in [-0.15, -0.1) is 0 Å². The quantitative estimate of drug-likeness (QED) is 0.550. The number of rotatable bonds is 6. The van der Waals surface area contributed by atoms with E-state index >= 15 is 0 Å². The van der Waals surface area contributed by atoms with Gasteiger partial charge in [0.15, 0.2) is 9.84 Å². The van der Waals surface area contributed by atoms with E-state index in [4.69, 9.17) is 4.42 Å². The van der Waals surface area contributed by atoms with E-state index in [2.05, 4.69) is 20.6 Å². The second-order valence-electron chi connectivity index (χ2n) is 8.68. The van der Waals surface area contributed by atoms with Gasteiger partial charge >= 0.3 is 6.03 Å². The van der Waals surface area contributed by atoms with E-state index in [9.17, 15) is 17.6 Å². The van der Waals surface area contributed by atoms with Gasteiger partial charge in [0, 0.05) is 33.1 Å². The van der Waals surface area contributed by atoms with E-state index in [1.165, 1.54) is 30.8 Å². The van der Waals surface area contributed by atoms with Crippen LogP contribution in [0.5, 0.6) is 0 Å². The Labute approximate surface area is 194 Å². The number of hydrogen-bond donors (Lipinski definition) is 2. The van der Waals surface area contributed by atoms with Crippen molar-refractivity contribution in [3.05, 3.63) is 47.7 Å². The molecule has 0 spiro atoms. The molecule has 2 N–H and O–H groups in total. The van der Waals surface area contributed by atoms with Crippen molar-refractivity contribution in [3.8, 4) is 0 Å². The highest BCUT2D eigenvalue weighted by atomic mass is 32.2. The fourth-order valence-corrected chi connectivity index (χ4v) is 4.67. The summed E-state index contributed by atoms with van der Waals surface area (Å²) in [6.45, 7) is 6.44. The second-order valence-corrected chi connectivity index (χ2v) is 11.0. The molecular formula is C22H30FN5O4S. The normalized spacial score (nSPS) is 15.5. The Morgan fingerprint density at radius 3 is 2.55 bits per heavy atom. The standard InChI is InChI=1S/C22H26FN5O4S.2H2/c1-12(2)19(20-13(3)17-7-14(23)5-6-18(17)32-20)27-22(29)26-15-8-24-21(25-9-15)28-10-16(11-28)33(4,30)31;;/h5-9,12,16,19H,10-11H2,1-4H3,(H2,26,27,29);2*1H/t19-;;/m1../s1. The Hall–Kier alpha value is -3.21. The summed E-state index contributed by atoms with van der Waals surface area (Å²) in [5, 5.41) is 5.88. The van der Waals surface area contributed by atoms with Crippen LogP contribution in [0.15, 0.2) is 35.0 Å². The number of carbonyl (C=O) groups excluding carboxylic acids is 1. The Morgan fingerprint density at radius 1 is 1.27 bits per heavy atom. The molecule has 9 nitrogen and oxygen atoms in total. The molecule has 0 bridgehead atoms. The van der Waals surface area contributed by atoms with Crippen LogP contribution < -0.4 is 15.5 Å². The predicted molar refractivity (Wildman–Crippen MR) is 128 cm³/mol. The molecule has 1 aliphatic heterocycles. The summed E-state index contributed by atoms with van der Waals surface area (Å²) < 4.78 is 42.7. The molecule has 0 saturated carbocycles. The molecule has 33 heavy (non-hydrogen) atoms. The number of hydrogen-bond acceptors (Lipinski definition) is 7. The Morgan fingerprint density at radius 2 is 1.94 bits per heavy atom. The minimum absolute atomic E-state index is 0. The lowest BCUT2D eigenvalue weighted by Crippen LogP contribution is -2.55. The molecule has 1 fully saturated rings. The molecule has 0 unspecified atom stereocenters. The van der Waals surface area contributed by atoms with Gasteiger partial charge in [-0.1, -0.05) is 13.8 Å². The number of nitrogens with zero attached hydrogens (tertiary/aromatic N) is 3. The SMILES string of the molecule is Cc1c([C@H](NC(=O)Nc2cnc(N3CC(S(C)(=O)=O)C3)nc2)C(C)C)oc2ccc(F)cc12.[HH].[HH]. The minimum Gasteiger partial charge on any atom is -0.459 e. The van der Waals surface area contributed by atoms with Crippen molar-refractivity contribution in [1.82, 2.24) is 15.3 Å². The minimum atomic E-state index is -3.08. The number of benzene rings is 1. The molecule has 11 heteroatoms. The lowest BCUT2D eigenvalue weighted by molar-refractivity contribution is 0.241. The van der Waals surface area contributed by atoms with Crippen molar-refractivity contribution in [2.24, 2.45) is 5.92 Å². The van der Waals surface area contributed by atoms with Gasteiger partial charge in [-0.05, 0) is 31.0 Å². The van der Waals surface area contributed by atoms with Crippen LogP contribution in [-0.2, 0) is 9.84 Å². The third kappa shape index (κ3) is 4.77. The summed E-state index contributed by atoms with van der Waals surface area (Å²) in [5.74, 6) is 0.641. The number of urea groups is 1. The van der Waals surface area contributed by atoms with Gasteiger partial charge in [-0.3, -0.25) is 0 Å². The van der Waals surface area contributed by atoms with Crippen LogP contribution in [-0.4, -0.2) is 49.0 Å². The summed E-state index contributed by atoms with van der Waals surface area (Å²) in [6.07, 6.45) is 4.15. The first-order valence-corrected chi connectivity index (χ1v) is 12.5. The number of furan rings is 1. The summed E-state index contributed by atoms with van der Waals surface area (Å²) in [7, 11) is -3.08. The fraction of sp³-hybridized carbons (Fsp3) is 0.409. The van der Waals surface area contributed by atoms with Crippen molar-refractivity contribution in [1.29, 1.82) is 0 Å². The fourth-order valence-electron chi connectivity index (χ4n) is 3.77. The Bertz CT molecular complexity index is 1300. The van der Waals surface area contributed by atoms with E-state index in [0.29, 0.717) is 41.5 Å². The Kier molecular flexibility index (Phi) is 6.00. The highest BCUT2D eigenvalue weighted by molar-refractivity contribution is 7.91. The molecule has 180 valence electrons. The lowest BCUT2D eigenvalue weighted by Gasteiger charge is -2.37. The first-order valence-electron chi connectivity index (χ1n) is 10.5. The van der Waals surface area contributed by atoms with Gasteiger partial charge in [0.25, 0.3) is 0 Å². The van der Waals surface area contributed by atoms with Crippen LogP contribution in [0.2, 0.25) is 0 Å². The zero-order chi connectivity index (χ0) is 23.9. The molecule has 0 aliphatic carbocycles. The van der Waals surface area contributed by atoms with Gasteiger partial charge < -0.3 is 20.0 Å². The lowest BCUT2D eigenvalue weighted by atomic mass is 9.98. The van der Waals surface area contributed by atoms with Crippen LogP contribution in [0.25, 0.3) is 11.0 Å². The van der Waals surface area contributed by atoms with Crippen LogP contribution in [0.4, 0.5) is 20.8 Å². The molecule has 2 amide bonds. The van der Waals surface area contributed by atoms with Gasteiger partial charge in [0.1, 0.15) is 17.2 Å². The average molecular weight is 480 g/mol. The van der Waals surface area contributed by atoms with E-state index < -0.39 is 27.2 Å². The molecular weight excluding hydrogens is 449 g/mol. The number of carbonyl (C=O) groups is 1. The highest BCUT2D eigenvalue weighted by Gasteiger charge is 2.35. The number of halogens is 1. The third-order valence-corrected chi connectivity index (χ3v) is 7.31. The summed E-state index contributed by atoms with van der Waals surface area (Å²) in [5.41, 5.74) is 1.73. The van der Waals surface area contributed by atoms with Crippen molar-refractivity contribution in [2.45, 2.75) is 32.1 Å². The number of fused-ring (bicyclic) bond motifs is 1. The maximum atomic E-state index is 13.7. The van der Waals surface area contributed by atoms with Gasteiger partial charge in [0.2, 0.25) is 5.95 Å². The smallest absolute Gasteiger partial charge is 0.319 e. The van der Waals surface area contributed by atoms with Crippen LogP contribution in [0, 0.1) is 18.7 Å².